The van der Waals surface area contributed by atoms with Gasteiger partial charge in [-0.2, -0.15) is 0 Å². The Balaban J connectivity index is 1.61. The summed E-state index contributed by atoms with van der Waals surface area (Å²) in [6.07, 6.45) is 4.40. The van der Waals surface area contributed by atoms with Gasteiger partial charge in [0.15, 0.2) is 10.7 Å². The Morgan fingerprint density at radius 3 is 2.73 bits per heavy atom. The molecular weight excluding hydrogens is 478 g/mol. The standard InChI is InChI=1S/C21H17ClF2N4O4S/c1-11-7-25-20-14(11)6-13(9-26-20)32-10-15-16(23)3-4-17(19(15)24)28-33(29,30)18-5-12(22)8-27-21(18)31-2/h3-9,28H,10H2,1-2H3,(H,25,26). The van der Waals surface area contributed by atoms with Crippen molar-refractivity contribution in [1.82, 2.24) is 15.0 Å². The molecule has 33 heavy (non-hydrogen) atoms. The van der Waals surface area contributed by atoms with Gasteiger partial charge in [0, 0.05) is 17.8 Å². The molecule has 172 valence electrons. The van der Waals surface area contributed by atoms with Crippen LogP contribution < -0.4 is 14.2 Å². The second-order valence-corrected chi connectivity index (χ2v) is 9.07. The number of ether oxygens (including phenoxy) is 2. The summed E-state index contributed by atoms with van der Waals surface area (Å²) >= 11 is 5.84. The number of aryl methyl sites for hydroxylation is 1. The van der Waals surface area contributed by atoms with E-state index in [1.807, 2.05) is 6.92 Å². The normalized spacial score (nSPS) is 11.5. The van der Waals surface area contributed by atoms with Gasteiger partial charge in [0.1, 0.15) is 23.8 Å². The number of benzene rings is 1. The van der Waals surface area contributed by atoms with Crippen LogP contribution >= 0.6 is 11.6 Å². The molecule has 8 nitrogen and oxygen atoms in total. The molecule has 0 atom stereocenters. The minimum Gasteiger partial charge on any atom is -0.487 e. The van der Waals surface area contributed by atoms with Crippen LogP contribution in [0.25, 0.3) is 11.0 Å². The van der Waals surface area contributed by atoms with Crippen molar-refractivity contribution in [1.29, 1.82) is 0 Å². The molecule has 0 unspecified atom stereocenters. The van der Waals surface area contributed by atoms with E-state index in [1.54, 1.807) is 12.3 Å². The van der Waals surface area contributed by atoms with Crippen molar-refractivity contribution in [2.24, 2.45) is 0 Å². The molecule has 0 fully saturated rings. The quantitative estimate of drug-likeness (QED) is 0.389. The van der Waals surface area contributed by atoms with Crippen LogP contribution in [-0.2, 0) is 16.6 Å². The first-order chi connectivity index (χ1) is 15.7. The minimum absolute atomic E-state index is 0.0353. The van der Waals surface area contributed by atoms with Crippen LogP contribution in [0.4, 0.5) is 14.5 Å². The van der Waals surface area contributed by atoms with Crippen molar-refractivity contribution in [2.45, 2.75) is 18.4 Å². The van der Waals surface area contributed by atoms with E-state index in [1.165, 1.54) is 19.5 Å². The lowest BCUT2D eigenvalue weighted by Gasteiger charge is -2.14. The summed E-state index contributed by atoms with van der Waals surface area (Å²) in [4.78, 5) is 10.6. The maximum Gasteiger partial charge on any atom is 0.267 e. The number of rotatable bonds is 7. The van der Waals surface area contributed by atoms with Gasteiger partial charge in [-0.1, -0.05) is 11.6 Å². The average molecular weight is 495 g/mol. The molecule has 0 aliphatic rings. The smallest absolute Gasteiger partial charge is 0.267 e. The second kappa shape index (κ2) is 8.83. The van der Waals surface area contributed by atoms with Gasteiger partial charge in [-0.05, 0) is 36.8 Å². The molecule has 0 spiro atoms. The van der Waals surface area contributed by atoms with Crippen molar-refractivity contribution >= 4 is 38.3 Å². The van der Waals surface area contributed by atoms with E-state index in [0.29, 0.717) is 11.4 Å². The van der Waals surface area contributed by atoms with Crippen LogP contribution in [0.3, 0.4) is 0 Å². The zero-order valence-corrected chi connectivity index (χ0v) is 18.9. The van der Waals surface area contributed by atoms with Gasteiger partial charge in [0.05, 0.1) is 29.6 Å². The van der Waals surface area contributed by atoms with Gasteiger partial charge in [-0.15, -0.1) is 0 Å². The Bertz CT molecular complexity index is 1460. The van der Waals surface area contributed by atoms with E-state index in [-0.39, 0.29) is 10.9 Å². The van der Waals surface area contributed by atoms with Gasteiger partial charge in [0.2, 0.25) is 5.88 Å². The summed E-state index contributed by atoms with van der Waals surface area (Å²) in [7, 11) is -3.13. The fourth-order valence-corrected chi connectivity index (χ4v) is 4.54. The number of sulfonamides is 1. The van der Waals surface area contributed by atoms with Crippen molar-refractivity contribution in [2.75, 3.05) is 11.8 Å². The molecule has 0 radical (unpaired) electrons. The van der Waals surface area contributed by atoms with Gasteiger partial charge in [-0.3, -0.25) is 4.72 Å². The van der Waals surface area contributed by atoms with Crippen LogP contribution in [0, 0.1) is 18.6 Å². The molecule has 0 saturated heterocycles. The molecule has 1 aromatic carbocycles. The number of aromatic nitrogens is 3. The van der Waals surface area contributed by atoms with Gasteiger partial charge < -0.3 is 14.5 Å². The van der Waals surface area contributed by atoms with Gasteiger partial charge >= 0.3 is 0 Å². The number of fused-ring (bicyclic) bond motifs is 1. The minimum atomic E-state index is -4.36. The largest absolute Gasteiger partial charge is 0.487 e. The summed E-state index contributed by atoms with van der Waals surface area (Å²) in [6, 6.07) is 4.69. The third kappa shape index (κ3) is 4.55. The molecule has 2 N–H and O–H groups in total. The number of halogens is 3. The van der Waals surface area contributed by atoms with Crippen LogP contribution in [0.15, 0.2) is 47.8 Å². The molecule has 4 rings (SSSR count). The second-order valence-electron chi connectivity index (χ2n) is 6.98. The fraction of sp³-hybridized carbons (Fsp3) is 0.143. The maximum atomic E-state index is 15.1. The zero-order valence-electron chi connectivity index (χ0n) is 17.3. The molecular formula is C21H17ClF2N4O4S. The number of pyridine rings is 2. The first kappa shape index (κ1) is 22.7. The first-order valence-corrected chi connectivity index (χ1v) is 11.3. The van der Waals surface area contributed by atoms with Crippen molar-refractivity contribution < 1.29 is 26.7 Å². The van der Waals surface area contributed by atoms with E-state index >= 15 is 4.39 Å². The number of H-pyrrole nitrogens is 1. The van der Waals surface area contributed by atoms with E-state index in [2.05, 4.69) is 19.7 Å². The van der Waals surface area contributed by atoms with Crippen LogP contribution in [0.1, 0.15) is 11.1 Å². The Kier molecular flexibility index (Phi) is 6.09. The maximum absolute atomic E-state index is 15.1. The van der Waals surface area contributed by atoms with Crippen molar-refractivity contribution in [3.05, 3.63) is 70.6 Å². The number of nitrogens with one attached hydrogen (secondary N) is 2. The topological polar surface area (TPSA) is 106 Å². The Hall–Kier alpha value is -3.44. The van der Waals surface area contributed by atoms with Crippen LogP contribution in [0.2, 0.25) is 5.02 Å². The molecule has 0 aliphatic carbocycles. The van der Waals surface area contributed by atoms with Gasteiger partial charge in [-0.25, -0.2) is 27.2 Å². The fourth-order valence-electron chi connectivity index (χ4n) is 3.11. The summed E-state index contributed by atoms with van der Waals surface area (Å²) in [6.45, 7) is 1.38. The number of hydrogen-bond acceptors (Lipinski definition) is 6. The Morgan fingerprint density at radius 1 is 1.18 bits per heavy atom. The van der Waals surface area contributed by atoms with E-state index in [9.17, 15) is 12.8 Å². The van der Waals surface area contributed by atoms with Crippen molar-refractivity contribution in [3.8, 4) is 11.6 Å². The molecule has 0 aliphatic heterocycles. The van der Waals surface area contributed by atoms with Crippen LogP contribution in [0.5, 0.6) is 11.6 Å². The predicted molar refractivity (Wildman–Crippen MR) is 118 cm³/mol. The third-order valence-corrected chi connectivity index (χ3v) is 6.36. The predicted octanol–water partition coefficient (Wildman–Crippen LogP) is 4.59. The molecule has 0 bridgehead atoms. The third-order valence-electron chi connectivity index (χ3n) is 4.79. The first-order valence-electron chi connectivity index (χ1n) is 9.45. The molecule has 3 heterocycles. The number of aromatic amines is 1. The summed E-state index contributed by atoms with van der Waals surface area (Å²) in [5, 5.41) is 0.840. The number of methoxy groups -OCH3 is 1. The molecule has 12 heteroatoms. The highest BCUT2D eigenvalue weighted by molar-refractivity contribution is 7.92. The molecule has 3 aromatic heterocycles. The van der Waals surface area contributed by atoms with E-state index in [0.717, 1.165) is 29.1 Å². The number of hydrogen-bond donors (Lipinski definition) is 2. The number of nitrogens with zero attached hydrogens (tertiary/aromatic N) is 2. The summed E-state index contributed by atoms with van der Waals surface area (Å²) < 4.78 is 67.6. The lowest BCUT2D eigenvalue weighted by atomic mass is 10.2. The highest BCUT2D eigenvalue weighted by atomic mass is 35.5. The van der Waals surface area contributed by atoms with Crippen LogP contribution in [-0.4, -0.2) is 30.5 Å². The highest BCUT2D eigenvalue weighted by Gasteiger charge is 2.24. The Morgan fingerprint density at radius 2 is 1.97 bits per heavy atom. The zero-order chi connectivity index (χ0) is 23.8. The lowest BCUT2D eigenvalue weighted by Crippen LogP contribution is -2.17. The summed E-state index contributed by atoms with van der Waals surface area (Å²) in [5.41, 5.74) is 0.645. The molecule has 0 saturated carbocycles. The molecule has 4 aromatic rings. The molecule has 0 amide bonds. The van der Waals surface area contributed by atoms with Crippen molar-refractivity contribution in [3.63, 3.8) is 0 Å². The van der Waals surface area contributed by atoms with Gasteiger partial charge in [0.25, 0.3) is 10.0 Å². The Labute approximate surface area is 192 Å². The summed E-state index contributed by atoms with van der Waals surface area (Å²) in [5.74, 6) is -1.96. The lowest BCUT2D eigenvalue weighted by molar-refractivity contribution is 0.292. The SMILES string of the molecule is COc1ncc(Cl)cc1S(=O)(=O)Nc1ccc(F)c(COc2cnc3[nH]cc(C)c3c2)c1F. The van der Waals surface area contributed by atoms with E-state index < -0.39 is 44.4 Å². The highest BCUT2D eigenvalue weighted by Crippen LogP contribution is 2.29. The number of anilines is 1. The average Bonchev–Trinajstić information content (AvgIpc) is 3.16. The van der Waals surface area contributed by atoms with E-state index in [4.69, 9.17) is 21.1 Å². The monoisotopic (exact) mass is 494 g/mol.